The van der Waals surface area contributed by atoms with Crippen LogP contribution in [-0.4, -0.2) is 30.5 Å². The predicted molar refractivity (Wildman–Crippen MR) is 87.8 cm³/mol. The van der Waals surface area contributed by atoms with Crippen LogP contribution in [0.15, 0.2) is 18.2 Å². The van der Waals surface area contributed by atoms with Crippen LogP contribution in [0.5, 0.6) is 11.5 Å². The number of hydrogen-bond donors (Lipinski definition) is 0. The molecule has 0 amide bonds. The summed E-state index contributed by atoms with van der Waals surface area (Å²) in [5.41, 5.74) is 0.736. The SMILES string of the molecule is CCOc1ccc(C(=O)CC2CCSCC2)cc1OCC. The van der Waals surface area contributed by atoms with Gasteiger partial charge in [0, 0.05) is 12.0 Å². The lowest BCUT2D eigenvalue weighted by molar-refractivity contribution is 0.0958. The molecule has 0 unspecified atom stereocenters. The number of thioether (sulfide) groups is 1. The Labute approximate surface area is 131 Å². The number of hydrogen-bond acceptors (Lipinski definition) is 4. The van der Waals surface area contributed by atoms with E-state index in [1.807, 2.05) is 43.8 Å². The molecule has 21 heavy (non-hydrogen) atoms. The topological polar surface area (TPSA) is 35.5 Å². The molecule has 1 heterocycles. The molecule has 0 aromatic heterocycles. The second kappa shape index (κ2) is 8.32. The third-order valence-corrected chi connectivity index (χ3v) is 4.73. The third-order valence-electron chi connectivity index (χ3n) is 3.68. The number of carbonyl (C=O) groups is 1. The van der Waals surface area contributed by atoms with Crippen LogP contribution in [0.3, 0.4) is 0 Å². The molecule has 0 N–H and O–H groups in total. The Morgan fingerprint density at radius 3 is 2.48 bits per heavy atom. The highest BCUT2D eigenvalue weighted by atomic mass is 32.2. The van der Waals surface area contributed by atoms with Crippen LogP contribution in [0.2, 0.25) is 0 Å². The first-order valence-corrected chi connectivity index (χ1v) is 8.90. The number of Topliss-reactive ketones (excluding diaryl/α,β-unsaturated/α-hetero) is 1. The molecule has 1 aliphatic rings. The number of rotatable bonds is 7. The van der Waals surface area contributed by atoms with Crippen LogP contribution in [0, 0.1) is 5.92 Å². The lowest BCUT2D eigenvalue weighted by atomic mass is 9.93. The Hall–Kier alpha value is -1.16. The molecule has 116 valence electrons. The van der Waals surface area contributed by atoms with Crippen LogP contribution in [0.25, 0.3) is 0 Å². The molecule has 1 aromatic rings. The van der Waals surface area contributed by atoms with Gasteiger partial charge >= 0.3 is 0 Å². The minimum absolute atomic E-state index is 0.218. The van der Waals surface area contributed by atoms with Crippen LogP contribution < -0.4 is 9.47 Å². The molecule has 0 saturated carbocycles. The summed E-state index contributed by atoms with van der Waals surface area (Å²) >= 11 is 1.99. The predicted octanol–water partition coefficient (Wildman–Crippen LogP) is 4.20. The van der Waals surface area contributed by atoms with E-state index in [1.54, 1.807) is 0 Å². The second-order valence-electron chi connectivity index (χ2n) is 5.21. The van der Waals surface area contributed by atoms with Gasteiger partial charge in [-0.1, -0.05) is 0 Å². The van der Waals surface area contributed by atoms with E-state index >= 15 is 0 Å². The summed E-state index contributed by atoms with van der Waals surface area (Å²) in [7, 11) is 0. The van der Waals surface area contributed by atoms with Crippen molar-refractivity contribution in [3.63, 3.8) is 0 Å². The minimum Gasteiger partial charge on any atom is -0.490 e. The first-order chi connectivity index (χ1) is 10.2. The summed E-state index contributed by atoms with van der Waals surface area (Å²) in [6.07, 6.45) is 2.97. The van der Waals surface area contributed by atoms with Crippen LogP contribution in [0.4, 0.5) is 0 Å². The fraction of sp³-hybridized carbons (Fsp3) is 0.588. The average molecular weight is 308 g/mol. The van der Waals surface area contributed by atoms with Gasteiger partial charge in [0.05, 0.1) is 13.2 Å². The molecule has 3 nitrogen and oxygen atoms in total. The summed E-state index contributed by atoms with van der Waals surface area (Å²) in [5.74, 6) is 4.52. The average Bonchev–Trinajstić information content (AvgIpc) is 2.50. The molecule has 1 aromatic carbocycles. The summed E-state index contributed by atoms with van der Waals surface area (Å²) in [6.45, 7) is 5.03. The van der Waals surface area contributed by atoms with Crippen molar-refractivity contribution in [1.29, 1.82) is 0 Å². The van der Waals surface area contributed by atoms with E-state index in [0.29, 0.717) is 37.1 Å². The Morgan fingerprint density at radius 1 is 1.14 bits per heavy atom. The van der Waals surface area contributed by atoms with Gasteiger partial charge in [0.2, 0.25) is 0 Å². The Kier molecular flexibility index (Phi) is 6.43. The van der Waals surface area contributed by atoms with E-state index in [2.05, 4.69) is 0 Å². The van der Waals surface area contributed by atoms with Crippen molar-refractivity contribution < 1.29 is 14.3 Å². The molecule has 1 aliphatic heterocycles. The number of ether oxygens (including phenoxy) is 2. The van der Waals surface area contributed by atoms with E-state index in [9.17, 15) is 4.79 Å². The summed E-state index contributed by atoms with van der Waals surface area (Å²) < 4.78 is 11.1. The van der Waals surface area contributed by atoms with Crippen molar-refractivity contribution in [2.75, 3.05) is 24.7 Å². The molecule has 4 heteroatoms. The molecular formula is C17H24O3S. The fourth-order valence-electron chi connectivity index (χ4n) is 2.56. The van der Waals surface area contributed by atoms with Crippen molar-refractivity contribution in [2.24, 2.45) is 5.92 Å². The van der Waals surface area contributed by atoms with Gasteiger partial charge in [-0.05, 0) is 62.3 Å². The van der Waals surface area contributed by atoms with E-state index < -0.39 is 0 Å². The molecule has 2 rings (SSSR count). The molecule has 0 aliphatic carbocycles. The number of benzene rings is 1. The Balaban J connectivity index is 2.07. The van der Waals surface area contributed by atoms with Gasteiger partial charge in [0.15, 0.2) is 17.3 Å². The maximum atomic E-state index is 12.4. The summed E-state index contributed by atoms with van der Waals surface area (Å²) in [4.78, 5) is 12.4. The fourth-order valence-corrected chi connectivity index (χ4v) is 3.76. The Bertz CT molecular complexity index is 467. The van der Waals surface area contributed by atoms with Gasteiger partial charge in [-0.2, -0.15) is 11.8 Å². The molecule has 0 bridgehead atoms. The zero-order valence-electron chi connectivity index (χ0n) is 12.9. The summed E-state index contributed by atoms with van der Waals surface area (Å²) in [6, 6.07) is 5.53. The quantitative estimate of drug-likeness (QED) is 0.707. The highest BCUT2D eigenvalue weighted by molar-refractivity contribution is 7.99. The van der Waals surface area contributed by atoms with E-state index in [1.165, 1.54) is 11.5 Å². The molecule has 1 saturated heterocycles. The Morgan fingerprint density at radius 2 is 1.81 bits per heavy atom. The smallest absolute Gasteiger partial charge is 0.163 e. The van der Waals surface area contributed by atoms with Gasteiger partial charge in [0.1, 0.15) is 0 Å². The molecule has 0 radical (unpaired) electrons. The second-order valence-corrected chi connectivity index (χ2v) is 6.44. The van der Waals surface area contributed by atoms with Gasteiger partial charge in [0.25, 0.3) is 0 Å². The lowest BCUT2D eigenvalue weighted by Gasteiger charge is -2.20. The molecular weight excluding hydrogens is 284 g/mol. The summed E-state index contributed by atoms with van der Waals surface area (Å²) in [5, 5.41) is 0. The maximum absolute atomic E-state index is 12.4. The third kappa shape index (κ3) is 4.67. The van der Waals surface area contributed by atoms with E-state index in [0.717, 1.165) is 18.4 Å². The van der Waals surface area contributed by atoms with Crippen LogP contribution in [0.1, 0.15) is 43.5 Å². The van der Waals surface area contributed by atoms with Gasteiger partial charge < -0.3 is 9.47 Å². The van der Waals surface area contributed by atoms with Crippen molar-refractivity contribution in [3.8, 4) is 11.5 Å². The van der Waals surface area contributed by atoms with E-state index in [-0.39, 0.29) is 5.78 Å². The highest BCUT2D eigenvalue weighted by Crippen LogP contribution is 2.31. The van der Waals surface area contributed by atoms with Crippen molar-refractivity contribution in [3.05, 3.63) is 23.8 Å². The normalized spacial score (nSPS) is 15.7. The minimum atomic E-state index is 0.218. The zero-order valence-corrected chi connectivity index (χ0v) is 13.7. The number of ketones is 1. The van der Waals surface area contributed by atoms with Crippen LogP contribution >= 0.6 is 11.8 Å². The largest absolute Gasteiger partial charge is 0.490 e. The van der Waals surface area contributed by atoms with Gasteiger partial charge in [-0.3, -0.25) is 4.79 Å². The number of carbonyl (C=O) groups excluding carboxylic acids is 1. The van der Waals surface area contributed by atoms with Crippen molar-refractivity contribution in [2.45, 2.75) is 33.1 Å². The van der Waals surface area contributed by atoms with Gasteiger partial charge in [-0.15, -0.1) is 0 Å². The lowest BCUT2D eigenvalue weighted by Crippen LogP contribution is -2.14. The van der Waals surface area contributed by atoms with E-state index in [4.69, 9.17) is 9.47 Å². The molecule has 1 fully saturated rings. The van der Waals surface area contributed by atoms with Crippen molar-refractivity contribution in [1.82, 2.24) is 0 Å². The zero-order chi connectivity index (χ0) is 15.1. The van der Waals surface area contributed by atoms with Gasteiger partial charge in [-0.25, -0.2) is 0 Å². The van der Waals surface area contributed by atoms with Crippen molar-refractivity contribution >= 4 is 17.5 Å². The van der Waals surface area contributed by atoms with Crippen LogP contribution in [-0.2, 0) is 0 Å². The molecule has 0 atom stereocenters. The highest BCUT2D eigenvalue weighted by Gasteiger charge is 2.19. The molecule has 0 spiro atoms. The monoisotopic (exact) mass is 308 g/mol. The first kappa shape index (κ1) is 16.2. The maximum Gasteiger partial charge on any atom is 0.163 e. The standard InChI is InChI=1S/C17H24O3S/c1-3-19-16-6-5-14(12-17(16)20-4-2)15(18)11-13-7-9-21-10-8-13/h5-6,12-13H,3-4,7-11H2,1-2H3. The first-order valence-electron chi connectivity index (χ1n) is 7.75.